The molecular formula is C17H37NO. The Morgan fingerprint density at radius 3 is 2.32 bits per heavy atom. The van der Waals surface area contributed by atoms with E-state index in [1.807, 2.05) is 0 Å². The highest BCUT2D eigenvalue weighted by molar-refractivity contribution is 4.64. The molecule has 2 unspecified atom stereocenters. The second-order valence-electron chi connectivity index (χ2n) is 5.73. The van der Waals surface area contributed by atoms with Crippen molar-refractivity contribution in [3.63, 3.8) is 0 Å². The van der Waals surface area contributed by atoms with E-state index >= 15 is 0 Å². The van der Waals surface area contributed by atoms with Gasteiger partial charge < -0.3 is 10.1 Å². The van der Waals surface area contributed by atoms with E-state index in [1.54, 1.807) is 0 Å². The molecule has 116 valence electrons. The van der Waals surface area contributed by atoms with Crippen molar-refractivity contribution >= 4 is 0 Å². The minimum absolute atomic E-state index is 0.445. The first-order chi connectivity index (χ1) is 9.24. The smallest absolute Gasteiger partial charge is 0.0547 e. The van der Waals surface area contributed by atoms with Gasteiger partial charge in [0, 0.05) is 12.6 Å². The second-order valence-corrected chi connectivity index (χ2v) is 5.73. The van der Waals surface area contributed by atoms with Gasteiger partial charge in [-0.1, -0.05) is 46.5 Å². The number of hydrogen-bond acceptors (Lipinski definition) is 2. The molecule has 0 aromatic heterocycles. The van der Waals surface area contributed by atoms with Gasteiger partial charge in [0.15, 0.2) is 0 Å². The van der Waals surface area contributed by atoms with Gasteiger partial charge in [-0.25, -0.2) is 0 Å². The Morgan fingerprint density at radius 1 is 0.895 bits per heavy atom. The summed E-state index contributed by atoms with van der Waals surface area (Å²) in [4.78, 5) is 0. The van der Waals surface area contributed by atoms with Crippen molar-refractivity contribution in [2.45, 2.75) is 97.6 Å². The third kappa shape index (κ3) is 12.7. The Labute approximate surface area is 121 Å². The maximum Gasteiger partial charge on any atom is 0.0547 e. The van der Waals surface area contributed by atoms with Crippen molar-refractivity contribution in [3.05, 3.63) is 0 Å². The molecule has 0 saturated heterocycles. The lowest BCUT2D eigenvalue weighted by atomic mass is 10.1. The number of unbranched alkanes of at least 4 members (excludes halogenated alkanes) is 3. The summed E-state index contributed by atoms with van der Waals surface area (Å²) >= 11 is 0. The Bertz CT molecular complexity index is 173. The largest absolute Gasteiger partial charge is 0.379 e. The van der Waals surface area contributed by atoms with Crippen molar-refractivity contribution < 1.29 is 4.74 Å². The molecule has 0 aliphatic rings. The number of nitrogens with one attached hydrogen (secondary N) is 1. The van der Waals surface area contributed by atoms with E-state index in [-0.39, 0.29) is 0 Å². The summed E-state index contributed by atoms with van der Waals surface area (Å²) in [7, 11) is 0. The van der Waals surface area contributed by atoms with Gasteiger partial charge in [0.25, 0.3) is 0 Å². The predicted molar refractivity (Wildman–Crippen MR) is 85.8 cm³/mol. The zero-order valence-electron chi connectivity index (χ0n) is 13.8. The molecule has 0 aromatic rings. The summed E-state index contributed by atoms with van der Waals surface area (Å²) in [5.74, 6) is 0. The normalized spacial score (nSPS) is 14.5. The molecule has 0 aromatic carbocycles. The summed E-state index contributed by atoms with van der Waals surface area (Å²) in [6, 6.07) is 0.684. The van der Waals surface area contributed by atoms with Gasteiger partial charge in [0.1, 0.15) is 0 Å². The molecule has 0 radical (unpaired) electrons. The Balaban J connectivity index is 3.40. The zero-order valence-corrected chi connectivity index (χ0v) is 13.8. The standard InChI is InChI=1S/C17H37NO/c1-5-8-9-10-12-16(4)19-15-11-13-17(7-3)18-14-6-2/h16-18H,5-15H2,1-4H3. The Kier molecular flexibility index (Phi) is 14.3. The fraction of sp³-hybridized carbons (Fsp3) is 1.00. The van der Waals surface area contributed by atoms with Crippen LogP contribution in [0.5, 0.6) is 0 Å². The van der Waals surface area contributed by atoms with Crippen LogP contribution in [0, 0.1) is 0 Å². The molecular weight excluding hydrogens is 234 g/mol. The lowest BCUT2D eigenvalue weighted by Gasteiger charge is -2.17. The number of ether oxygens (including phenoxy) is 1. The van der Waals surface area contributed by atoms with Crippen LogP contribution >= 0.6 is 0 Å². The first kappa shape index (κ1) is 18.9. The van der Waals surface area contributed by atoms with E-state index < -0.39 is 0 Å². The average molecular weight is 271 g/mol. The van der Waals surface area contributed by atoms with Crippen molar-refractivity contribution in [2.75, 3.05) is 13.2 Å². The van der Waals surface area contributed by atoms with Crippen molar-refractivity contribution in [2.24, 2.45) is 0 Å². The van der Waals surface area contributed by atoms with E-state index in [0.29, 0.717) is 12.1 Å². The Morgan fingerprint density at radius 2 is 1.68 bits per heavy atom. The molecule has 0 fully saturated rings. The molecule has 19 heavy (non-hydrogen) atoms. The summed E-state index contributed by atoms with van der Waals surface area (Å²) < 4.78 is 5.89. The van der Waals surface area contributed by atoms with Gasteiger partial charge in [0.05, 0.1) is 6.10 Å². The van der Waals surface area contributed by atoms with Crippen molar-refractivity contribution in [3.8, 4) is 0 Å². The minimum atomic E-state index is 0.445. The molecule has 0 aliphatic carbocycles. The first-order valence-corrected chi connectivity index (χ1v) is 8.59. The van der Waals surface area contributed by atoms with Crippen LogP contribution in [-0.4, -0.2) is 25.3 Å². The predicted octanol–water partition coefficient (Wildman–Crippen LogP) is 4.92. The van der Waals surface area contributed by atoms with Gasteiger partial charge in [-0.2, -0.15) is 0 Å². The highest BCUT2D eigenvalue weighted by Crippen LogP contribution is 2.09. The van der Waals surface area contributed by atoms with Gasteiger partial charge >= 0.3 is 0 Å². The lowest BCUT2D eigenvalue weighted by molar-refractivity contribution is 0.0547. The number of hydrogen-bond donors (Lipinski definition) is 1. The summed E-state index contributed by atoms with van der Waals surface area (Å²) in [6.07, 6.45) is 11.9. The van der Waals surface area contributed by atoms with Gasteiger partial charge in [-0.05, 0) is 45.6 Å². The summed E-state index contributed by atoms with van der Waals surface area (Å²) in [5.41, 5.74) is 0. The van der Waals surface area contributed by atoms with Crippen LogP contribution in [-0.2, 0) is 4.74 Å². The summed E-state index contributed by atoms with van der Waals surface area (Å²) in [5, 5.41) is 3.60. The highest BCUT2D eigenvalue weighted by atomic mass is 16.5. The molecule has 0 heterocycles. The second kappa shape index (κ2) is 14.3. The molecule has 2 nitrogen and oxygen atoms in total. The van der Waals surface area contributed by atoms with Crippen LogP contribution in [0.1, 0.15) is 85.5 Å². The number of rotatable bonds is 14. The third-order valence-electron chi connectivity index (χ3n) is 3.74. The van der Waals surface area contributed by atoms with Crippen LogP contribution in [0.4, 0.5) is 0 Å². The molecule has 1 N–H and O–H groups in total. The molecule has 0 amide bonds. The van der Waals surface area contributed by atoms with Crippen LogP contribution in [0.3, 0.4) is 0 Å². The van der Waals surface area contributed by atoms with Crippen molar-refractivity contribution in [1.29, 1.82) is 0 Å². The van der Waals surface area contributed by atoms with Crippen molar-refractivity contribution in [1.82, 2.24) is 5.32 Å². The molecule has 2 atom stereocenters. The lowest BCUT2D eigenvalue weighted by Crippen LogP contribution is -2.29. The van der Waals surface area contributed by atoms with E-state index in [1.165, 1.54) is 57.8 Å². The topological polar surface area (TPSA) is 21.3 Å². The van der Waals surface area contributed by atoms with E-state index in [9.17, 15) is 0 Å². The molecule has 0 rings (SSSR count). The van der Waals surface area contributed by atoms with Crippen LogP contribution in [0.25, 0.3) is 0 Å². The monoisotopic (exact) mass is 271 g/mol. The average Bonchev–Trinajstić information content (AvgIpc) is 2.43. The third-order valence-corrected chi connectivity index (χ3v) is 3.74. The fourth-order valence-corrected chi connectivity index (χ4v) is 2.36. The van der Waals surface area contributed by atoms with Gasteiger partial charge in [-0.3, -0.25) is 0 Å². The minimum Gasteiger partial charge on any atom is -0.379 e. The van der Waals surface area contributed by atoms with E-state index in [2.05, 4.69) is 33.0 Å². The van der Waals surface area contributed by atoms with Crippen LogP contribution in [0.2, 0.25) is 0 Å². The molecule has 0 aliphatic heterocycles. The first-order valence-electron chi connectivity index (χ1n) is 8.59. The molecule has 0 bridgehead atoms. The Hall–Kier alpha value is -0.0800. The molecule has 0 spiro atoms. The van der Waals surface area contributed by atoms with E-state index in [0.717, 1.165) is 13.2 Å². The SMILES string of the molecule is CCCCCCC(C)OCCCC(CC)NCCC. The fourth-order valence-electron chi connectivity index (χ4n) is 2.36. The van der Waals surface area contributed by atoms with Gasteiger partial charge in [0.2, 0.25) is 0 Å². The molecule has 2 heteroatoms. The maximum atomic E-state index is 5.89. The van der Waals surface area contributed by atoms with Gasteiger partial charge in [-0.15, -0.1) is 0 Å². The zero-order chi connectivity index (χ0) is 14.3. The maximum absolute atomic E-state index is 5.89. The van der Waals surface area contributed by atoms with Crippen LogP contribution < -0.4 is 5.32 Å². The quantitative estimate of drug-likeness (QED) is 0.453. The van der Waals surface area contributed by atoms with E-state index in [4.69, 9.17) is 4.74 Å². The highest BCUT2D eigenvalue weighted by Gasteiger charge is 2.06. The molecule has 0 saturated carbocycles. The summed E-state index contributed by atoms with van der Waals surface area (Å²) in [6.45, 7) is 11.1. The van der Waals surface area contributed by atoms with Crippen LogP contribution in [0.15, 0.2) is 0 Å².